The Morgan fingerprint density at radius 3 is 2.65 bits per heavy atom. The van der Waals surface area contributed by atoms with Crippen LogP contribution in [0.2, 0.25) is 0 Å². The van der Waals surface area contributed by atoms with Crippen molar-refractivity contribution in [3.8, 4) is 0 Å². The molecule has 5 heteroatoms. The predicted molar refractivity (Wildman–Crippen MR) is 65.8 cm³/mol. The number of hydrogen-bond acceptors (Lipinski definition) is 3. The van der Waals surface area contributed by atoms with Crippen molar-refractivity contribution >= 4 is 12.3 Å². The molecule has 2 aliphatic heterocycles. The summed E-state index contributed by atoms with van der Waals surface area (Å²) < 4.78 is 18.6. The lowest BCUT2D eigenvalue weighted by molar-refractivity contribution is -0.820. The van der Waals surface area contributed by atoms with Gasteiger partial charge < -0.3 is 18.1 Å². The molecule has 0 spiro atoms. The predicted octanol–water partition coefficient (Wildman–Crippen LogP) is 1.10. The van der Waals surface area contributed by atoms with Gasteiger partial charge in [-0.1, -0.05) is 13.3 Å². The Morgan fingerprint density at radius 2 is 2.06 bits per heavy atom. The maximum absolute atomic E-state index is 6.03. The molecule has 0 radical (unpaired) electrons. The first-order valence-corrected chi connectivity index (χ1v) is 6.65. The van der Waals surface area contributed by atoms with E-state index in [4.69, 9.17) is 13.7 Å². The van der Waals surface area contributed by atoms with Gasteiger partial charge in [-0.15, -0.1) is 0 Å². The van der Waals surface area contributed by atoms with Crippen LogP contribution >= 0.6 is 0 Å². The number of hydrogen-bond donors (Lipinski definition) is 0. The van der Waals surface area contributed by atoms with E-state index in [-0.39, 0.29) is 0 Å². The largest absolute Gasteiger partial charge is 0.536 e. The minimum absolute atomic E-state index is 0.782. The first-order valence-electron chi connectivity index (χ1n) is 6.65. The summed E-state index contributed by atoms with van der Waals surface area (Å²) in [7, 11) is 0. The highest BCUT2D eigenvalue weighted by atomic mass is 16.7. The average molecular weight is 237 g/mol. The van der Waals surface area contributed by atoms with Crippen LogP contribution in [0, 0.1) is 0 Å². The quantitative estimate of drug-likeness (QED) is 0.735. The van der Waals surface area contributed by atoms with Crippen LogP contribution in [0.5, 0.6) is 0 Å². The molecule has 0 bridgehead atoms. The van der Waals surface area contributed by atoms with Gasteiger partial charge in [0.1, 0.15) is 0 Å². The molecule has 0 atom stereocenters. The minimum atomic E-state index is -1.41. The van der Waals surface area contributed by atoms with E-state index in [1.165, 1.54) is 12.8 Å². The maximum Gasteiger partial charge on any atom is 0.536 e. The van der Waals surface area contributed by atoms with Crippen LogP contribution < -0.4 is 5.66 Å². The third-order valence-electron chi connectivity index (χ3n) is 4.34. The first kappa shape index (κ1) is 11.3. The second-order valence-electron chi connectivity index (χ2n) is 5.17. The Balaban J connectivity index is 1.96. The van der Waals surface area contributed by atoms with Gasteiger partial charge in [0.2, 0.25) is 0 Å². The molecule has 0 aliphatic carbocycles. The van der Waals surface area contributed by atoms with Gasteiger partial charge in [0.25, 0.3) is 0 Å². The summed E-state index contributed by atoms with van der Waals surface area (Å²) in [6.07, 6.45) is 4.14. The Bertz CT molecular complexity index is 369. The van der Waals surface area contributed by atoms with E-state index in [2.05, 4.69) is 6.92 Å². The molecule has 94 valence electrons. The topological polar surface area (TPSA) is 31.6 Å². The van der Waals surface area contributed by atoms with E-state index >= 15 is 0 Å². The van der Waals surface area contributed by atoms with Gasteiger partial charge in [-0.25, -0.2) is 0 Å². The van der Waals surface area contributed by atoms with Crippen molar-refractivity contribution in [2.45, 2.75) is 19.8 Å². The number of rotatable bonds is 4. The molecule has 0 unspecified atom stereocenters. The van der Waals surface area contributed by atoms with Crippen molar-refractivity contribution in [3.05, 3.63) is 18.4 Å². The third kappa shape index (κ3) is 1.49. The molecular formula is C12H20BNO3. The zero-order valence-corrected chi connectivity index (χ0v) is 10.4. The number of fused-ring (bicyclic) bond motifs is 1. The molecule has 0 N–H and O–H groups in total. The van der Waals surface area contributed by atoms with E-state index in [9.17, 15) is 0 Å². The molecule has 2 saturated heterocycles. The summed E-state index contributed by atoms with van der Waals surface area (Å²) in [5.74, 6) is 0. The average Bonchev–Trinajstić information content (AvgIpc) is 3.00. The van der Waals surface area contributed by atoms with Gasteiger partial charge in [0, 0.05) is 6.54 Å². The van der Waals surface area contributed by atoms with E-state index in [0.29, 0.717) is 0 Å². The van der Waals surface area contributed by atoms with Crippen LogP contribution in [-0.2, 0) is 9.31 Å². The molecule has 0 aromatic carbocycles. The highest BCUT2D eigenvalue weighted by Crippen LogP contribution is 2.34. The standard InChI is InChI=1S/C12H20BNO3/c1-2-3-6-14-7-10-16-13(14,17-11-8-14)12-5-4-9-15-12/h4-5,9H,2-3,6-8,10-11H2,1H3. The van der Waals surface area contributed by atoms with Gasteiger partial charge >= 0.3 is 6.69 Å². The fourth-order valence-corrected chi connectivity index (χ4v) is 3.40. The lowest BCUT2D eigenvalue weighted by Crippen LogP contribution is -2.69. The lowest BCUT2D eigenvalue weighted by Gasteiger charge is -2.45. The van der Waals surface area contributed by atoms with Crippen molar-refractivity contribution < 1.29 is 18.1 Å². The molecule has 0 saturated carbocycles. The third-order valence-corrected chi connectivity index (χ3v) is 4.34. The highest BCUT2D eigenvalue weighted by molar-refractivity contribution is 6.74. The summed E-state index contributed by atoms with van der Waals surface area (Å²) >= 11 is 0. The van der Waals surface area contributed by atoms with Gasteiger partial charge in [-0.3, -0.25) is 0 Å². The van der Waals surface area contributed by atoms with Crippen molar-refractivity contribution in [1.29, 1.82) is 0 Å². The zero-order valence-electron chi connectivity index (χ0n) is 10.4. The van der Waals surface area contributed by atoms with E-state index < -0.39 is 6.69 Å². The molecule has 17 heavy (non-hydrogen) atoms. The molecule has 1 aromatic heterocycles. The Kier molecular flexibility index (Phi) is 2.77. The smallest absolute Gasteiger partial charge is 0.503 e. The first-order chi connectivity index (χ1) is 8.33. The maximum atomic E-state index is 6.03. The van der Waals surface area contributed by atoms with Crippen LogP contribution in [0.4, 0.5) is 0 Å². The second kappa shape index (κ2) is 4.16. The zero-order chi connectivity index (χ0) is 11.8. The highest BCUT2D eigenvalue weighted by Gasteiger charge is 2.61. The molecular weight excluding hydrogens is 217 g/mol. The Hall–Kier alpha value is -0.775. The summed E-state index contributed by atoms with van der Waals surface area (Å²) in [4.78, 5) is 0. The van der Waals surface area contributed by atoms with Crippen molar-refractivity contribution in [2.75, 3.05) is 32.8 Å². The molecule has 0 amide bonds. The summed E-state index contributed by atoms with van der Waals surface area (Å²) in [5.41, 5.74) is 0.885. The fourth-order valence-electron chi connectivity index (χ4n) is 3.40. The fraction of sp³-hybridized carbons (Fsp3) is 0.667. The molecule has 2 aliphatic rings. The monoisotopic (exact) mass is 237 g/mol. The summed E-state index contributed by atoms with van der Waals surface area (Å²) in [5, 5.41) is 0. The normalized spacial score (nSPS) is 36.3. The van der Waals surface area contributed by atoms with Crippen LogP contribution in [0.3, 0.4) is 0 Å². The van der Waals surface area contributed by atoms with Crippen LogP contribution in [0.15, 0.2) is 22.8 Å². The van der Waals surface area contributed by atoms with E-state index in [1.54, 1.807) is 6.26 Å². The van der Waals surface area contributed by atoms with Crippen LogP contribution in [0.1, 0.15) is 19.8 Å². The van der Waals surface area contributed by atoms with Crippen molar-refractivity contribution in [3.63, 3.8) is 0 Å². The van der Waals surface area contributed by atoms with E-state index in [0.717, 1.165) is 42.9 Å². The van der Waals surface area contributed by atoms with E-state index in [1.807, 2.05) is 12.1 Å². The lowest BCUT2D eigenvalue weighted by atomic mass is 9.65. The second-order valence-corrected chi connectivity index (χ2v) is 5.17. The molecule has 3 rings (SSSR count). The molecule has 3 heterocycles. The number of nitrogens with zero attached hydrogens (tertiary/aromatic N) is 1. The Labute approximate surface area is 102 Å². The van der Waals surface area contributed by atoms with Gasteiger partial charge in [-0.05, 0) is 18.6 Å². The molecule has 4 nitrogen and oxygen atoms in total. The van der Waals surface area contributed by atoms with Gasteiger partial charge in [-0.2, -0.15) is 0 Å². The van der Waals surface area contributed by atoms with Crippen LogP contribution in [-0.4, -0.2) is 43.9 Å². The molecule has 2 fully saturated rings. The minimum Gasteiger partial charge on any atom is -0.503 e. The summed E-state index contributed by atoms with van der Waals surface area (Å²) in [6.45, 7) is 5.63. The Morgan fingerprint density at radius 1 is 1.29 bits per heavy atom. The van der Waals surface area contributed by atoms with Gasteiger partial charge in [0.15, 0.2) is 0 Å². The number of unbranched alkanes of at least 4 members (excludes halogenated alkanes) is 1. The number of furan rings is 1. The summed E-state index contributed by atoms with van der Waals surface area (Å²) in [6, 6.07) is 3.92. The SMILES string of the molecule is CCCC[N+]12CCO[B-]1(c1ccco1)OCC2. The van der Waals surface area contributed by atoms with Gasteiger partial charge in [0.05, 0.1) is 38.2 Å². The number of quaternary nitrogens is 1. The van der Waals surface area contributed by atoms with Crippen LogP contribution in [0.25, 0.3) is 0 Å². The van der Waals surface area contributed by atoms with Crippen molar-refractivity contribution in [1.82, 2.24) is 0 Å². The van der Waals surface area contributed by atoms with Crippen molar-refractivity contribution in [2.24, 2.45) is 0 Å². The molecule has 1 aromatic rings.